The minimum absolute atomic E-state index is 0.149. The highest BCUT2D eigenvalue weighted by molar-refractivity contribution is 6.34. The molecule has 4 nitrogen and oxygen atoms in total. The van der Waals surface area contributed by atoms with Gasteiger partial charge in [0.1, 0.15) is 5.84 Å². The quantitative estimate of drug-likeness (QED) is 0.522. The van der Waals surface area contributed by atoms with Gasteiger partial charge < -0.3 is 10.6 Å². The van der Waals surface area contributed by atoms with E-state index in [9.17, 15) is 4.79 Å². The summed E-state index contributed by atoms with van der Waals surface area (Å²) in [4.78, 5) is 17.2. The molecule has 1 aromatic carbocycles. The molecule has 0 atom stereocenters. The Balaban J connectivity index is 3.06. The number of nitrogens with two attached hydrogens (primary N) is 1. The third-order valence-electron chi connectivity index (χ3n) is 2.00. The second kappa shape index (κ2) is 5.89. The van der Waals surface area contributed by atoms with Crippen LogP contribution in [0.1, 0.15) is 10.4 Å². The number of alkyl halides is 1. The van der Waals surface area contributed by atoms with E-state index < -0.39 is 0 Å². The van der Waals surface area contributed by atoms with Crippen molar-refractivity contribution in [3.8, 4) is 0 Å². The Morgan fingerprint density at radius 3 is 2.59 bits per heavy atom. The normalized spacial score (nSPS) is 11.4. The molecule has 1 amide bonds. The van der Waals surface area contributed by atoms with E-state index in [4.69, 9.17) is 28.9 Å². The van der Waals surface area contributed by atoms with Crippen LogP contribution < -0.4 is 5.73 Å². The number of amides is 1. The van der Waals surface area contributed by atoms with Gasteiger partial charge in [-0.2, -0.15) is 0 Å². The second-order valence-corrected chi connectivity index (χ2v) is 4.27. The Bertz CT molecular complexity index is 458. The first-order valence-corrected chi connectivity index (χ1v) is 5.77. The molecule has 6 heteroatoms. The first kappa shape index (κ1) is 13.8. The molecule has 0 heterocycles. The second-order valence-electron chi connectivity index (χ2n) is 3.60. The van der Waals surface area contributed by atoms with Crippen LogP contribution in [0.25, 0.3) is 0 Å². The summed E-state index contributed by atoms with van der Waals surface area (Å²) in [6.07, 6.45) is 0. The van der Waals surface area contributed by atoms with Crippen LogP contribution in [0.4, 0.5) is 5.69 Å². The van der Waals surface area contributed by atoms with E-state index in [0.29, 0.717) is 22.1 Å². The molecule has 1 rings (SSSR count). The van der Waals surface area contributed by atoms with Crippen molar-refractivity contribution in [2.75, 3.05) is 20.0 Å². The number of nitrogens with zero attached hydrogens (tertiary/aromatic N) is 2. The Kier molecular flexibility index (Phi) is 4.78. The first-order chi connectivity index (χ1) is 7.95. The van der Waals surface area contributed by atoms with Gasteiger partial charge in [-0.1, -0.05) is 11.6 Å². The Morgan fingerprint density at radius 2 is 2.12 bits per heavy atom. The Morgan fingerprint density at radius 1 is 1.47 bits per heavy atom. The minimum Gasteiger partial charge on any atom is -0.386 e. The number of hydrogen-bond acceptors (Lipinski definition) is 2. The van der Waals surface area contributed by atoms with Crippen molar-refractivity contribution in [3.63, 3.8) is 0 Å². The smallest absolute Gasteiger partial charge is 0.254 e. The maximum absolute atomic E-state index is 11.7. The number of amidine groups is 1. The highest BCUT2D eigenvalue weighted by atomic mass is 35.5. The monoisotopic (exact) mass is 273 g/mol. The SMILES string of the molecule is CN(C)C(=O)c1ccc(N=C(N)CCl)cc1Cl. The summed E-state index contributed by atoms with van der Waals surface area (Å²) in [7, 11) is 3.33. The van der Waals surface area contributed by atoms with E-state index >= 15 is 0 Å². The summed E-state index contributed by atoms with van der Waals surface area (Å²) in [5, 5.41) is 0.340. The van der Waals surface area contributed by atoms with Gasteiger partial charge >= 0.3 is 0 Å². The molecule has 17 heavy (non-hydrogen) atoms. The molecule has 0 saturated heterocycles. The molecule has 0 spiro atoms. The summed E-state index contributed by atoms with van der Waals surface area (Å²) in [5.41, 5.74) is 6.50. The van der Waals surface area contributed by atoms with Crippen molar-refractivity contribution in [2.24, 2.45) is 10.7 Å². The van der Waals surface area contributed by atoms with E-state index in [1.54, 1.807) is 32.3 Å². The van der Waals surface area contributed by atoms with Gasteiger partial charge in [0.05, 0.1) is 22.2 Å². The van der Waals surface area contributed by atoms with Crippen molar-refractivity contribution < 1.29 is 4.79 Å². The summed E-state index contributed by atoms with van der Waals surface area (Å²) in [6, 6.07) is 4.87. The molecule has 0 saturated carbocycles. The zero-order valence-corrected chi connectivity index (χ0v) is 11.1. The highest BCUT2D eigenvalue weighted by Gasteiger charge is 2.12. The van der Waals surface area contributed by atoms with Crippen LogP contribution in [-0.4, -0.2) is 36.6 Å². The fraction of sp³-hybridized carbons (Fsp3) is 0.273. The van der Waals surface area contributed by atoms with Crippen molar-refractivity contribution in [1.29, 1.82) is 0 Å². The van der Waals surface area contributed by atoms with Gasteiger partial charge in [0.2, 0.25) is 0 Å². The zero-order chi connectivity index (χ0) is 13.0. The average molecular weight is 274 g/mol. The first-order valence-electron chi connectivity index (χ1n) is 4.86. The van der Waals surface area contributed by atoms with Crippen molar-refractivity contribution in [1.82, 2.24) is 4.90 Å². The molecule has 0 aliphatic rings. The van der Waals surface area contributed by atoms with Crippen LogP contribution >= 0.6 is 23.2 Å². The summed E-state index contributed by atoms with van der Waals surface area (Å²) in [5.74, 6) is 0.293. The third-order valence-corrected chi connectivity index (χ3v) is 2.59. The molecule has 0 bridgehead atoms. The molecule has 0 aromatic heterocycles. The van der Waals surface area contributed by atoms with Crippen LogP contribution in [-0.2, 0) is 0 Å². The molecular weight excluding hydrogens is 261 g/mol. The van der Waals surface area contributed by atoms with Crippen LogP contribution in [0.15, 0.2) is 23.2 Å². The van der Waals surface area contributed by atoms with Gasteiger partial charge in [0.15, 0.2) is 0 Å². The molecule has 1 aromatic rings. The van der Waals surface area contributed by atoms with Crippen LogP contribution in [0.2, 0.25) is 5.02 Å². The fourth-order valence-corrected chi connectivity index (χ4v) is 1.50. The van der Waals surface area contributed by atoms with Crippen LogP contribution in [0, 0.1) is 0 Å². The molecule has 0 fully saturated rings. The zero-order valence-electron chi connectivity index (χ0n) is 9.58. The molecule has 0 radical (unpaired) electrons. The largest absolute Gasteiger partial charge is 0.386 e. The lowest BCUT2D eigenvalue weighted by Crippen LogP contribution is -2.21. The lowest BCUT2D eigenvalue weighted by Gasteiger charge is -2.11. The van der Waals surface area contributed by atoms with E-state index in [2.05, 4.69) is 4.99 Å². The Hall–Kier alpha value is -1.26. The van der Waals surface area contributed by atoms with E-state index in [-0.39, 0.29) is 11.8 Å². The number of carbonyl (C=O) groups is 1. The Labute approximate surface area is 110 Å². The van der Waals surface area contributed by atoms with E-state index in [1.165, 1.54) is 4.90 Å². The lowest BCUT2D eigenvalue weighted by atomic mass is 10.2. The maximum Gasteiger partial charge on any atom is 0.254 e. The lowest BCUT2D eigenvalue weighted by molar-refractivity contribution is 0.0828. The van der Waals surface area contributed by atoms with E-state index in [0.717, 1.165) is 0 Å². The minimum atomic E-state index is -0.157. The molecule has 92 valence electrons. The number of carbonyl (C=O) groups excluding carboxylic acids is 1. The maximum atomic E-state index is 11.7. The van der Waals surface area contributed by atoms with Gasteiger partial charge in [-0.25, -0.2) is 4.99 Å². The molecule has 2 N–H and O–H groups in total. The highest BCUT2D eigenvalue weighted by Crippen LogP contribution is 2.23. The van der Waals surface area contributed by atoms with Crippen molar-refractivity contribution in [3.05, 3.63) is 28.8 Å². The molecule has 0 aliphatic heterocycles. The predicted octanol–water partition coefficient (Wildman–Crippen LogP) is 2.27. The van der Waals surface area contributed by atoms with Crippen molar-refractivity contribution >= 4 is 40.6 Å². The number of benzene rings is 1. The van der Waals surface area contributed by atoms with Gasteiger partial charge in [0.25, 0.3) is 5.91 Å². The fourth-order valence-electron chi connectivity index (χ4n) is 1.18. The van der Waals surface area contributed by atoms with Gasteiger partial charge in [-0.3, -0.25) is 4.79 Å². The number of hydrogen-bond donors (Lipinski definition) is 1. The van der Waals surface area contributed by atoms with Crippen molar-refractivity contribution in [2.45, 2.75) is 0 Å². The van der Waals surface area contributed by atoms with Gasteiger partial charge in [0, 0.05) is 14.1 Å². The number of rotatable bonds is 3. The number of halogens is 2. The number of aliphatic imine (C=N–C) groups is 1. The molecular formula is C11H13Cl2N3O. The average Bonchev–Trinajstić information content (AvgIpc) is 2.28. The predicted molar refractivity (Wildman–Crippen MR) is 71.5 cm³/mol. The van der Waals surface area contributed by atoms with Gasteiger partial charge in [-0.15, -0.1) is 11.6 Å². The van der Waals surface area contributed by atoms with Gasteiger partial charge in [-0.05, 0) is 18.2 Å². The third kappa shape index (κ3) is 3.61. The molecule has 0 unspecified atom stereocenters. The van der Waals surface area contributed by atoms with Crippen LogP contribution in [0.3, 0.4) is 0 Å². The summed E-state index contributed by atoms with van der Waals surface area (Å²) >= 11 is 11.5. The summed E-state index contributed by atoms with van der Waals surface area (Å²) < 4.78 is 0. The molecule has 0 aliphatic carbocycles. The standard InChI is InChI=1S/C11H13Cl2N3O/c1-16(2)11(17)8-4-3-7(5-9(8)13)15-10(14)6-12/h3-5H,6H2,1-2H3,(H2,14,15). The topological polar surface area (TPSA) is 58.7 Å². The van der Waals surface area contributed by atoms with E-state index in [1.807, 2.05) is 0 Å². The summed E-state index contributed by atoms with van der Waals surface area (Å²) in [6.45, 7) is 0. The van der Waals surface area contributed by atoms with Crippen LogP contribution in [0.5, 0.6) is 0 Å².